The molecule has 0 unspecified atom stereocenters. The van der Waals surface area contributed by atoms with E-state index in [0.717, 1.165) is 19.0 Å². The second kappa shape index (κ2) is 8.21. The number of nitrogens with zero attached hydrogens (tertiary/aromatic N) is 3. The summed E-state index contributed by atoms with van der Waals surface area (Å²) >= 11 is 0. The third-order valence-electron chi connectivity index (χ3n) is 5.35. The first kappa shape index (κ1) is 19.8. The molecular formula is C21H39N3. The van der Waals surface area contributed by atoms with Crippen LogP contribution < -0.4 is 0 Å². The van der Waals surface area contributed by atoms with Gasteiger partial charge in [0.1, 0.15) is 0 Å². The first-order valence-corrected chi connectivity index (χ1v) is 9.87. The van der Waals surface area contributed by atoms with Gasteiger partial charge >= 0.3 is 0 Å². The molecular weight excluding hydrogens is 294 g/mol. The molecule has 0 aromatic carbocycles. The third kappa shape index (κ3) is 6.39. The molecule has 2 aliphatic heterocycles. The Morgan fingerprint density at radius 3 is 1.92 bits per heavy atom. The Balaban J connectivity index is 1.67. The fourth-order valence-corrected chi connectivity index (χ4v) is 3.81. The molecule has 138 valence electrons. The van der Waals surface area contributed by atoms with Crippen LogP contribution in [0.5, 0.6) is 0 Å². The van der Waals surface area contributed by atoms with Crippen molar-refractivity contribution in [2.75, 3.05) is 45.8 Å². The summed E-state index contributed by atoms with van der Waals surface area (Å²) in [6.45, 7) is 22.2. The van der Waals surface area contributed by atoms with Gasteiger partial charge in [-0.1, -0.05) is 5.92 Å². The van der Waals surface area contributed by atoms with Crippen molar-refractivity contribution in [3.63, 3.8) is 0 Å². The Labute approximate surface area is 150 Å². The Hall–Kier alpha value is -0.560. The van der Waals surface area contributed by atoms with Crippen LogP contribution in [0, 0.1) is 17.3 Å². The number of hydrogen-bond acceptors (Lipinski definition) is 3. The summed E-state index contributed by atoms with van der Waals surface area (Å²) in [4.78, 5) is 7.99. The lowest BCUT2D eigenvalue weighted by molar-refractivity contribution is 0.0241. The first-order valence-electron chi connectivity index (χ1n) is 9.87. The summed E-state index contributed by atoms with van der Waals surface area (Å²) in [5.74, 6) is 6.71. The van der Waals surface area contributed by atoms with Crippen LogP contribution in [0.2, 0.25) is 0 Å². The second-order valence-corrected chi connectivity index (χ2v) is 9.57. The van der Waals surface area contributed by atoms with E-state index in [-0.39, 0.29) is 5.41 Å². The van der Waals surface area contributed by atoms with E-state index in [2.05, 4.69) is 68.1 Å². The first-order chi connectivity index (χ1) is 11.1. The molecule has 0 aromatic rings. The average Bonchev–Trinajstić information content (AvgIpc) is 2.51. The zero-order valence-electron chi connectivity index (χ0n) is 17.0. The summed E-state index contributed by atoms with van der Waals surface area (Å²) in [5, 5.41) is 0. The smallest absolute Gasteiger partial charge is 0.0230 e. The van der Waals surface area contributed by atoms with Gasteiger partial charge < -0.3 is 4.90 Å². The van der Waals surface area contributed by atoms with Crippen LogP contribution in [-0.2, 0) is 0 Å². The van der Waals surface area contributed by atoms with E-state index >= 15 is 0 Å². The molecule has 2 rings (SSSR count). The van der Waals surface area contributed by atoms with Crippen molar-refractivity contribution in [3.8, 4) is 11.8 Å². The summed E-state index contributed by atoms with van der Waals surface area (Å²) in [6.07, 6.45) is 3.69. The van der Waals surface area contributed by atoms with Crippen LogP contribution in [0.1, 0.15) is 60.8 Å². The minimum atomic E-state index is 0.141. The maximum absolute atomic E-state index is 3.36. The predicted octanol–water partition coefficient (Wildman–Crippen LogP) is 3.31. The maximum Gasteiger partial charge on any atom is 0.0230 e. The molecule has 0 bridgehead atoms. The van der Waals surface area contributed by atoms with Crippen molar-refractivity contribution in [2.45, 2.75) is 72.4 Å². The van der Waals surface area contributed by atoms with Crippen molar-refractivity contribution >= 4 is 0 Å². The highest BCUT2D eigenvalue weighted by Crippen LogP contribution is 2.21. The largest absolute Gasteiger partial charge is 0.302 e. The van der Waals surface area contributed by atoms with Gasteiger partial charge in [-0.3, -0.25) is 9.80 Å². The molecule has 0 N–H and O–H groups in total. The molecule has 0 amide bonds. The summed E-state index contributed by atoms with van der Waals surface area (Å²) in [6, 6.07) is 0.809. The van der Waals surface area contributed by atoms with Gasteiger partial charge in [0, 0.05) is 56.1 Å². The van der Waals surface area contributed by atoms with Gasteiger partial charge in [-0.15, -0.1) is 5.92 Å². The lowest BCUT2D eigenvalue weighted by Crippen LogP contribution is -2.57. The van der Waals surface area contributed by atoms with Crippen molar-refractivity contribution in [3.05, 3.63) is 0 Å². The summed E-state index contributed by atoms with van der Waals surface area (Å²) in [7, 11) is 0. The van der Waals surface area contributed by atoms with Crippen molar-refractivity contribution in [1.29, 1.82) is 0 Å². The normalized spacial score (nSPS) is 23.1. The minimum Gasteiger partial charge on any atom is -0.302 e. The van der Waals surface area contributed by atoms with Gasteiger partial charge in [0.15, 0.2) is 0 Å². The van der Waals surface area contributed by atoms with Gasteiger partial charge in [0.2, 0.25) is 0 Å². The molecule has 0 atom stereocenters. The van der Waals surface area contributed by atoms with Gasteiger partial charge in [0.25, 0.3) is 0 Å². The standard InChI is InChI=1S/C21H39N3/c1-20(2,3)11-7-8-12-22-13-9-19(10-14-22)23-15-17-24(18-16-23)21(4,5)6/h19H,8-10,12-18H2,1-6H3. The van der Waals surface area contributed by atoms with Crippen LogP contribution in [0.25, 0.3) is 0 Å². The van der Waals surface area contributed by atoms with Crippen LogP contribution >= 0.6 is 0 Å². The van der Waals surface area contributed by atoms with Crippen LogP contribution in [-0.4, -0.2) is 72.1 Å². The SMILES string of the molecule is CC(C)(C)C#CCCN1CCC(N2CCN(C(C)(C)C)CC2)CC1. The van der Waals surface area contributed by atoms with Crippen LogP contribution in [0.3, 0.4) is 0 Å². The zero-order chi connectivity index (χ0) is 17.8. The Kier molecular flexibility index (Phi) is 6.76. The number of hydrogen-bond donors (Lipinski definition) is 0. The lowest BCUT2D eigenvalue weighted by atomic mass is 9.98. The van der Waals surface area contributed by atoms with E-state index in [4.69, 9.17) is 0 Å². The monoisotopic (exact) mass is 333 g/mol. The molecule has 3 nitrogen and oxygen atoms in total. The Morgan fingerprint density at radius 2 is 1.42 bits per heavy atom. The quantitative estimate of drug-likeness (QED) is 0.734. The van der Waals surface area contributed by atoms with Crippen molar-refractivity contribution in [2.24, 2.45) is 5.41 Å². The maximum atomic E-state index is 3.36. The third-order valence-corrected chi connectivity index (χ3v) is 5.35. The highest BCUT2D eigenvalue weighted by molar-refractivity contribution is 5.07. The van der Waals surface area contributed by atoms with Gasteiger partial charge in [-0.2, -0.15) is 0 Å². The molecule has 3 heteroatoms. The van der Waals surface area contributed by atoms with E-state index < -0.39 is 0 Å². The molecule has 0 aliphatic carbocycles. The van der Waals surface area contributed by atoms with E-state index in [0.29, 0.717) is 5.54 Å². The number of rotatable bonds is 3. The topological polar surface area (TPSA) is 9.72 Å². The van der Waals surface area contributed by atoms with Gasteiger partial charge in [-0.25, -0.2) is 0 Å². The molecule has 0 saturated carbocycles. The van der Waals surface area contributed by atoms with Crippen molar-refractivity contribution in [1.82, 2.24) is 14.7 Å². The Morgan fingerprint density at radius 1 is 0.833 bits per heavy atom. The van der Waals surface area contributed by atoms with Gasteiger partial charge in [-0.05, 0) is 67.5 Å². The van der Waals surface area contributed by atoms with Crippen LogP contribution in [0.4, 0.5) is 0 Å². The van der Waals surface area contributed by atoms with E-state index in [9.17, 15) is 0 Å². The Bertz CT molecular complexity index is 430. The fraction of sp³-hybridized carbons (Fsp3) is 0.905. The highest BCUT2D eigenvalue weighted by atomic mass is 15.3. The molecule has 24 heavy (non-hydrogen) atoms. The predicted molar refractivity (Wildman–Crippen MR) is 104 cm³/mol. The lowest BCUT2D eigenvalue weighted by Gasteiger charge is -2.46. The van der Waals surface area contributed by atoms with Crippen LogP contribution in [0.15, 0.2) is 0 Å². The zero-order valence-corrected chi connectivity index (χ0v) is 17.0. The van der Waals surface area contributed by atoms with E-state index in [1.54, 1.807) is 0 Å². The average molecular weight is 334 g/mol. The molecule has 2 aliphatic rings. The number of piperidine rings is 1. The van der Waals surface area contributed by atoms with E-state index in [1.807, 2.05) is 0 Å². The molecule has 2 heterocycles. The summed E-state index contributed by atoms with van der Waals surface area (Å²) < 4.78 is 0. The molecule has 2 fully saturated rings. The summed E-state index contributed by atoms with van der Waals surface area (Å²) in [5.41, 5.74) is 0.464. The van der Waals surface area contributed by atoms with E-state index in [1.165, 1.54) is 52.1 Å². The molecule has 0 aromatic heterocycles. The minimum absolute atomic E-state index is 0.141. The molecule has 2 saturated heterocycles. The number of piperazine rings is 1. The molecule has 0 radical (unpaired) electrons. The van der Waals surface area contributed by atoms with Crippen molar-refractivity contribution < 1.29 is 0 Å². The highest BCUT2D eigenvalue weighted by Gasteiger charge is 2.30. The fourth-order valence-electron chi connectivity index (χ4n) is 3.81. The molecule has 0 spiro atoms. The number of likely N-dealkylation sites (tertiary alicyclic amines) is 1. The second-order valence-electron chi connectivity index (χ2n) is 9.57. The van der Waals surface area contributed by atoms with Gasteiger partial charge in [0.05, 0.1) is 0 Å².